The summed E-state index contributed by atoms with van der Waals surface area (Å²) in [6, 6.07) is 15.6. The van der Waals surface area contributed by atoms with E-state index >= 15 is 0 Å². The lowest BCUT2D eigenvalue weighted by Crippen LogP contribution is -2.43. The molecule has 2 heterocycles. The Morgan fingerprint density at radius 1 is 1.14 bits per heavy atom. The number of nitrogens with one attached hydrogen (secondary N) is 1. The van der Waals surface area contributed by atoms with Gasteiger partial charge in [0, 0.05) is 19.6 Å². The molecule has 1 fully saturated rings. The Balaban J connectivity index is 1.55. The third-order valence-electron chi connectivity index (χ3n) is 5.34. The van der Waals surface area contributed by atoms with Gasteiger partial charge in [-0.2, -0.15) is 0 Å². The van der Waals surface area contributed by atoms with E-state index in [2.05, 4.69) is 10.2 Å². The maximum Gasteiger partial charge on any atom is 0.255 e. The van der Waals surface area contributed by atoms with Gasteiger partial charge in [0.1, 0.15) is 17.3 Å². The Kier molecular flexibility index (Phi) is 5.83. The molecular formula is C23H26N2O4. The van der Waals surface area contributed by atoms with Gasteiger partial charge in [0.15, 0.2) is 0 Å². The van der Waals surface area contributed by atoms with Gasteiger partial charge in [0.05, 0.1) is 31.9 Å². The Labute approximate surface area is 170 Å². The highest BCUT2D eigenvalue weighted by Gasteiger charge is 2.26. The lowest BCUT2D eigenvalue weighted by Gasteiger charge is -2.33. The SMILES string of the molecule is COc1cc2ccccc2cc1C(=O)NCC(c1ccc(C)o1)N1CCOCC1. The predicted molar refractivity (Wildman–Crippen MR) is 111 cm³/mol. The Hall–Kier alpha value is -2.83. The first-order valence-corrected chi connectivity index (χ1v) is 9.89. The molecule has 152 valence electrons. The van der Waals surface area contributed by atoms with E-state index < -0.39 is 0 Å². The van der Waals surface area contributed by atoms with Gasteiger partial charge in [-0.15, -0.1) is 0 Å². The highest BCUT2D eigenvalue weighted by atomic mass is 16.5. The van der Waals surface area contributed by atoms with Crippen LogP contribution in [-0.4, -0.2) is 50.8 Å². The van der Waals surface area contributed by atoms with Gasteiger partial charge in [-0.05, 0) is 42.0 Å². The molecule has 2 aromatic carbocycles. The summed E-state index contributed by atoms with van der Waals surface area (Å²) in [5.41, 5.74) is 0.530. The van der Waals surface area contributed by atoms with E-state index in [0.29, 0.717) is 31.1 Å². The molecule has 6 nitrogen and oxygen atoms in total. The second kappa shape index (κ2) is 8.68. The highest BCUT2D eigenvalue weighted by molar-refractivity contribution is 6.01. The summed E-state index contributed by atoms with van der Waals surface area (Å²) in [4.78, 5) is 15.3. The molecule has 3 aromatic rings. The van der Waals surface area contributed by atoms with Gasteiger partial charge in [-0.25, -0.2) is 0 Å². The minimum absolute atomic E-state index is 0.0389. The Bertz CT molecular complexity index is 991. The van der Waals surface area contributed by atoms with E-state index in [-0.39, 0.29) is 11.9 Å². The van der Waals surface area contributed by atoms with Crippen LogP contribution in [0.5, 0.6) is 5.75 Å². The molecular weight excluding hydrogens is 368 g/mol. The van der Waals surface area contributed by atoms with Crippen molar-refractivity contribution >= 4 is 16.7 Å². The second-order valence-corrected chi connectivity index (χ2v) is 7.22. The number of carbonyl (C=O) groups is 1. The van der Waals surface area contributed by atoms with Crippen LogP contribution >= 0.6 is 0 Å². The Morgan fingerprint density at radius 3 is 2.52 bits per heavy atom. The first kappa shape index (κ1) is 19.5. The molecule has 1 saturated heterocycles. The zero-order valence-corrected chi connectivity index (χ0v) is 16.8. The van der Waals surface area contributed by atoms with Gasteiger partial charge in [0.2, 0.25) is 0 Å². The number of morpholine rings is 1. The van der Waals surface area contributed by atoms with E-state index in [0.717, 1.165) is 35.4 Å². The molecule has 1 aliphatic rings. The van der Waals surface area contributed by atoms with Crippen molar-refractivity contribution in [3.63, 3.8) is 0 Å². The van der Waals surface area contributed by atoms with Crippen LogP contribution in [0.3, 0.4) is 0 Å². The first-order chi connectivity index (χ1) is 14.2. The number of hydrogen-bond acceptors (Lipinski definition) is 5. The van der Waals surface area contributed by atoms with E-state index in [1.54, 1.807) is 7.11 Å². The van der Waals surface area contributed by atoms with Crippen LogP contribution in [0.25, 0.3) is 10.8 Å². The van der Waals surface area contributed by atoms with Crippen molar-refractivity contribution in [2.75, 3.05) is 40.0 Å². The van der Waals surface area contributed by atoms with Crippen molar-refractivity contribution in [2.45, 2.75) is 13.0 Å². The van der Waals surface area contributed by atoms with Gasteiger partial charge in [-0.3, -0.25) is 9.69 Å². The average Bonchev–Trinajstić information content (AvgIpc) is 3.19. The van der Waals surface area contributed by atoms with Crippen molar-refractivity contribution in [1.29, 1.82) is 0 Å². The lowest BCUT2D eigenvalue weighted by molar-refractivity contribution is 0.0117. The van der Waals surface area contributed by atoms with Gasteiger partial charge in [0.25, 0.3) is 5.91 Å². The Morgan fingerprint density at radius 2 is 1.86 bits per heavy atom. The van der Waals surface area contributed by atoms with E-state index in [1.165, 1.54) is 0 Å². The van der Waals surface area contributed by atoms with E-state index in [1.807, 2.05) is 55.5 Å². The van der Waals surface area contributed by atoms with E-state index in [4.69, 9.17) is 13.9 Å². The molecule has 0 saturated carbocycles. The van der Waals surface area contributed by atoms with Crippen LogP contribution < -0.4 is 10.1 Å². The number of rotatable bonds is 6. The van der Waals surface area contributed by atoms with Gasteiger partial charge < -0.3 is 19.2 Å². The number of aryl methyl sites for hydroxylation is 1. The summed E-state index contributed by atoms with van der Waals surface area (Å²) in [5, 5.41) is 5.13. The largest absolute Gasteiger partial charge is 0.496 e. The summed E-state index contributed by atoms with van der Waals surface area (Å²) < 4.78 is 16.8. The van der Waals surface area contributed by atoms with Crippen LogP contribution in [0, 0.1) is 6.92 Å². The zero-order valence-electron chi connectivity index (χ0n) is 16.8. The smallest absolute Gasteiger partial charge is 0.255 e. The topological polar surface area (TPSA) is 63.9 Å². The van der Waals surface area contributed by atoms with E-state index in [9.17, 15) is 4.79 Å². The maximum atomic E-state index is 13.0. The molecule has 6 heteroatoms. The van der Waals surface area contributed by atoms with Gasteiger partial charge >= 0.3 is 0 Å². The van der Waals surface area contributed by atoms with Gasteiger partial charge in [-0.1, -0.05) is 24.3 Å². The molecule has 1 aliphatic heterocycles. The number of methoxy groups -OCH3 is 1. The summed E-state index contributed by atoms with van der Waals surface area (Å²) in [5.74, 6) is 2.13. The van der Waals surface area contributed by atoms with Crippen LogP contribution in [0.15, 0.2) is 52.9 Å². The number of furan rings is 1. The molecule has 0 spiro atoms. The fourth-order valence-electron chi connectivity index (χ4n) is 3.78. The standard InChI is InChI=1S/C23H26N2O4/c1-16-7-8-21(29-16)20(25-9-11-28-12-10-25)15-24-23(26)19-13-17-5-3-4-6-18(17)14-22(19)27-2/h3-8,13-14,20H,9-12,15H2,1-2H3,(H,24,26). The maximum absolute atomic E-state index is 13.0. The second-order valence-electron chi connectivity index (χ2n) is 7.22. The number of nitrogens with zero attached hydrogens (tertiary/aromatic N) is 1. The van der Waals surface area contributed by atoms with Crippen molar-refractivity contribution in [3.05, 3.63) is 65.6 Å². The zero-order chi connectivity index (χ0) is 20.2. The molecule has 4 rings (SSSR count). The first-order valence-electron chi connectivity index (χ1n) is 9.89. The van der Waals surface area contributed by atoms with Crippen molar-refractivity contribution in [3.8, 4) is 5.75 Å². The van der Waals surface area contributed by atoms with Crippen LogP contribution in [0.1, 0.15) is 27.9 Å². The van der Waals surface area contributed by atoms with Crippen LogP contribution in [0.2, 0.25) is 0 Å². The van der Waals surface area contributed by atoms with Crippen molar-refractivity contribution < 1.29 is 18.7 Å². The minimum Gasteiger partial charge on any atom is -0.496 e. The third kappa shape index (κ3) is 4.28. The number of carbonyl (C=O) groups excluding carboxylic acids is 1. The van der Waals surface area contributed by atoms with Crippen LogP contribution in [0.4, 0.5) is 0 Å². The molecule has 29 heavy (non-hydrogen) atoms. The molecule has 1 N–H and O–H groups in total. The fraction of sp³-hybridized carbons (Fsp3) is 0.348. The number of hydrogen-bond donors (Lipinski definition) is 1. The summed E-state index contributed by atoms with van der Waals surface area (Å²) in [6.45, 7) is 5.35. The highest BCUT2D eigenvalue weighted by Crippen LogP contribution is 2.27. The van der Waals surface area contributed by atoms with Crippen LogP contribution in [-0.2, 0) is 4.74 Å². The minimum atomic E-state index is -0.158. The fourth-order valence-corrected chi connectivity index (χ4v) is 3.78. The van der Waals surface area contributed by atoms with Crippen molar-refractivity contribution in [1.82, 2.24) is 10.2 Å². The molecule has 0 aliphatic carbocycles. The average molecular weight is 394 g/mol. The molecule has 0 bridgehead atoms. The molecule has 0 radical (unpaired) electrons. The molecule has 1 aromatic heterocycles. The summed E-state index contributed by atoms with van der Waals surface area (Å²) in [6.07, 6.45) is 0. The molecule has 1 amide bonds. The number of amides is 1. The normalized spacial score (nSPS) is 15.9. The lowest BCUT2D eigenvalue weighted by atomic mass is 10.0. The predicted octanol–water partition coefficient (Wildman–Crippen LogP) is 3.55. The van der Waals surface area contributed by atoms with Crippen molar-refractivity contribution in [2.24, 2.45) is 0 Å². The monoisotopic (exact) mass is 394 g/mol. The number of ether oxygens (including phenoxy) is 2. The summed E-state index contributed by atoms with van der Waals surface area (Å²) >= 11 is 0. The summed E-state index contributed by atoms with van der Waals surface area (Å²) in [7, 11) is 1.59. The molecule has 1 unspecified atom stereocenters. The number of benzene rings is 2. The number of fused-ring (bicyclic) bond motifs is 1. The molecule has 1 atom stereocenters. The third-order valence-corrected chi connectivity index (χ3v) is 5.34. The quantitative estimate of drug-likeness (QED) is 0.693.